The Balaban J connectivity index is 1.83. The van der Waals surface area contributed by atoms with Crippen LogP contribution in [0.1, 0.15) is 29.5 Å². The summed E-state index contributed by atoms with van der Waals surface area (Å²) in [4.78, 5) is 11.8. The third kappa shape index (κ3) is 3.26. The SMILES string of the molecule is CC(c1nc(Cc2ccccc2)no1)S(=O)(=O)c1cnccn1. The molecule has 0 fully saturated rings. The van der Waals surface area contributed by atoms with Gasteiger partial charge in [0.25, 0.3) is 0 Å². The minimum Gasteiger partial charge on any atom is -0.338 e. The van der Waals surface area contributed by atoms with Gasteiger partial charge in [-0.25, -0.2) is 13.4 Å². The van der Waals surface area contributed by atoms with Crippen LogP contribution in [0.2, 0.25) is 0 Å². The molecule has 0 aliphatic rings. The number of hydrogen-bond donors (Lipinski definition) is 0. The molecule has 0 bridgehead atoms. The van der Waals surface area contributed by atoms with Gasteiger partial charge in [-0.05, 0) is 12.5 Å². The predicted molar refractivity (Wildman–Crippen MR) is 81.2 cm³/mol. The zero-order valence-electron chi connectivity index (χ0n) is 12.3. The fraction of sp³-hybridized carbons (Fsp3) is 0.200. The lowest BCUT2D eigenvalue weighted by Crippen LogP contribution is -2.13. The maximum absolute atomic E-state index is 12.5. The molecule has 7 nitrogen and oxygen atoms in total. The molecular weight excluding hydrogens is 316 g/mol. The van der Waals surface area contributed by atoms with Crippen molar-refractivity contribution in [1.82, 2.24) is 20.1 Å². The zero-order valence-corrected chi connectivity index (χ0v) is 13.1. The molecule has 0 N–H and O–H groups in total. The van der Waals surface area contributed by atoms with E-state index in [1.807, 2.05) is 30.3 Å². The van der Waals surface area contributed by atoms with Gasteiger partial charge in [0, 0.05) is 18.8 Å². The van der Waals surface area contributed by atoms with E-state index < -0.39 is 15.1 Å². The van der Waals surface area contributed by atoms with Crippen molar-refractivity contribution < 1.29 is 12.9 Å². The van der Waals surface area contributed by atoms with Crippen molar-refractivity contribution in [2.24, 2.45) is 0 Å². The molecule has 3 rings (SSSR count). The topological polar surface area (TPSA) is 98.8 Å². The summed E-state index contributed by atoms with van der Waals surface area (Å²) in [6, 6.07) is 9.63. The Labute approximate surface area is 133 Å². The lowest BCUT2D eigenvalue weighted by atomic mass is 10.1. The first kappa shape index (κ1) is 15.3. The van der Waals surface area contributed by atoms with Gasteiger partial charge in [-0.2, -0.15) is 4.98 Å². The summed E-state index contributed by atoms with van der Waals surface area (Å²) in [5.41, 5.74) is 1.02. The lowest BCUT2D eigenvalue weighted by Gasteiger charge is -2.06. The number of nitrogens with zero attached hydrogens (tertiary/aromatic N) is 4. The van der Waals surface area contributed by atoms with Crippen molar-refractivity contribution in [3.63, 3.8) is 0 Å². The van der Waals surface area contributed by atoms with Crippen LogP contribution < -0.4 is 0 Å². The Bertz CT molecular complexity index is 879. The molecule has 0 aliphatic carbocycles. The minimum atomic E-state index is -3.72. The summed E-state index contributed by atoms with van der Waals surface area (Å²) >= 11 is 0. The summed E-state index contributed by atoms with van der Waals surface area (Å²) in [5, 5.41) is 2.75. The van der Waals surface area contributed by atoms with Crippen LogP contribution in [-0.4, -0.2) is 28.5 Å². The van der Waals surface area contributed by atoms with Crippen LogP contribution >= 0.6 is 0 Å². The van der Waals surface area contributed by atoms with Crippen molar-refractivity contribution in [3.05, 3.63) is 66.2 Å². The third-order valence-corrected chi connectivity index (χ3v) is 5.26. The highest BCUT2D eigenvalue weighted by Crippen LogP contribution is 2.25. The summed E-state index contributed by atoms with van der Waals surface area (Å²) < 4.78 is 30.1. The number of rotatable bonds is 5. The highest BCUT2D eigenvalue weighted by Gasteiger charge is 2.31. The Morgan fingerprint density at radius 3 is 2.65 bits per heavy atom. The van der Waals surface area contributed by atoms with Crippen molar-refractivity contribution in [1.29, 1.82) is 0 Å². The van der Waals surface area contributed by atoms with Crippen LogP contribution in [0.25, 0.3) is 0 Å². The van der Waals surface area contributed by atoms with Gasteiger partial charge in [0.05, 0.1) is 6.20 Å². The van der Waals surface area contributed by atoms with Gasteiger partial charge < -0.3 is 4.52 Å². The summed E-state index contributed by atoms with van der Waals surface area (Å²) in [6.45, 7) is 1.49. The average Bonchev–Trinajstić information content (AvgIpc) is 3.04. The van der Waals surface area contributed by atoms with E-state index in [2.05, 4.69) is 20.1 Å². The zero-order chi connectivity index (χ0) is 16.3. The molecule has 1 aromatic carbocycles. The highest BCUT2D eigenvalue weighted by molar-refractivity contribution is 7.91. The standard InChI is InChI=1S/C15H14N4O3S/c1-11(23(20,21)14-10-16-7-8-17-14)15-18-13(19-22-15)9-12-5-3-2-4-6-12/h2-8,10-11H,9H2,1H3. The Morgan fingerprint density at radius 1 is 1.17 bits per heavy atom. The molecule has 8 heteroatoms. The van der Waals surface area contributed by atoms with E-state index in [0.29, 0.717) is 12.2 Å². The third-order valence-electron chi connectivity index (χ3n) is 3.33. The van der Waals surface area contributed by atoms with E-state index in [0.717, 1.165) is 5.56 Å². The van der Waals surface area contributed by atoms with Crippen LogP contribution in [0.5, 0.6) is 0 Å². The molecule has 118 valence electrons. The number of aromatic nitrogens is 4. The van der Waals surface area contributed by atoms with Gasteiger partial charge in [0.2, 0.25) is 15.7 Å². The molecule has 0 spiro atoms. The van der Waals surface area contributed by atoms with Gasteiger partial charge >= 0.3 is 0 Å². The molecule has 1 unspecified atom stereocenters. The van der Waals surface area contributed by atoms with Gasteiger partial charge in [-0.15, -0.1) is 0 Å². The molecular formula is C15H14N4O3S. The maximum atomic E-state index is 12.5. The Kier molecular flexibility index (Phi) is 4.16. The van der Waals surface area contributed by atoms with Crippen molar-refractivity contribution in [2.45, 2.75) is 23.6 Å². The van der Waals surface area contributed by atoms with E-state index in [1.54, 1.807) is 0 Å². The lowest BCUT2D eigenvalue weighted by molar-refractivity contribution is 0.371. The molecule has 0 saturated heterocycles. The molecule has 0 aliphatic heterocycles. The fourth-order valence-corrected chi connectivity index (χ4v) is 3.17. The molecule has 0 amide bonds. The molecule has 2 aromatic heterocycles. The Morgan fingerprint density at radius 2 is 1.96 bits per heavy atom. The first-order valence-electron chi connectivity index (χ1n) is 6.93. The molecule has 2 heterocycles. The second-order valence-corrected chi connectivity index (χ2v) is 7.16. The predicted octanol–water partition coefficient (Wildman–Crippen LogP) is 1.99. The average molecular weight is 330 g/mol. The van der Waals surface area contributed by atoms with Crippen molar-refractivity contribution >= 4 is 9.84 Å². The first-order chi connectivity index (χ1) is 11.1. The summed E-state index contributed by atoms with van der Waals surface area (Å²) in [6.07, 6.45) is 4.41. The van der Waals surface area contributed by atoms with E-state index in [4.69, 9.17) is 4.52 Å². The van der Waals surface area contributed by atoms with Gasteiger partial charge in [0.15, 0.2) is 10.9 Å². The van der Waals surface area contributed by atoms with E-state index in [9.17, 15) is 8.42 Å². The minimum absolute atomic E-state index is 0.0431. The molecule has 0 saturated carbocycles. The normalized spacial score (nSPS) is 12.9. The second-order valence-electron chi connectivity index (χ2n) is 4.94. The largest absolute Gasteiger partial charge is 0.338 e. The second kappa shape index (κ2) is 6.25. The Hall–Kier alpha value is -2.61. The summed E-state index contributed by atoms with van der Waals surface area (Å²) in [5.74, 6) is 0.481. The van der Waals surface area contributed by atoms with E-state index in [-0.39, 0.29) is 10.9 Å². The summed E-state index contributed by atoms with van der Waals surface area (Å²) in [7, 11) is -3.72. The highest BCUT2D eigenvalue weighted by atomic mass is 32.2. The monoisotopic (exact) mass is 330 g/mol. The van der Waals surface area contributed by atoms with Crippen LogP contribution in [0.15, 0.2) is 58.5 Å². The van der Waals surface area contributed by atoms with Crippen LogP contribution in [0.4, 0.5) is 0 Å². The molecule has 1 atom stereocenters. The van der Waals surface area contributed by atoms with Gasteiger partial charge in [-0.1, -0.05) is 35.5 Å². The van der Waals surface area contributed by atoms with Crippen LogP contribution in [0.3, 0.4) is 0 Å². The molecule has 3 aromatic rings. The fourth-order valence-electron chi connectivity index (χ4n) is 2.03. The number of hydrogen-bond acceptors (Lipinski definition) is 7. The number of sulfone groups is 1. The maximum Gasteiger partial charge on any atom is 0.245 e. The van der Waals surface area contributed by atoms with Gasteiger partial charge in [0.1, 0.15) is 5.25 Å². The quantitative estimate of drug-likeness (QED) is 0.705. The first-order valence-corrected chi connectivity index (χ1v) is 8.48. The molecule has 23 heavy (non-hydrogen) atoms. The smallest absolute Gasteiger partial charge is 0.245 e. The van der Waals surface area contributed by atoms with Crippen molar-refractivity contribution in [2.75, 3.05) is 0 Å². The number of benzene rings is 1. The molecule has 0 radical (unpaired) electrons. The van der Waals surface area contributed by atoms with Crippen molar-refractivity contribution in [3.8, 4) is 0 Å². The van der Waals surface area contributed by atoms with E-state index in [1.165, 1.54) is 25.5 Å². The van der Waals surface area contributed by atoms with Crippen LogP contribution in [0, 0.1) is 0 Å². The van der Waals surface area contributed by atoms with Gasteiger partial charge in [-0.3, -0.25) is 4.98 Å². The van der Waals surface area contributed by atoms with E-state index >= 15 is 0 Å². The van der Waals surface area contributed by atoms with Crippen LogP contribution in [-0.2, 0) is 16.3 Å².